The van der Waals surface area contributed by atoms with Crippen molar-refractivity contribution in [1.29, 1.82) is 0 Å². The molecule has 0 aromatic heterocycles. The molecule has 2 aromatic carbocycles. The van der Waals surface area contributed by atoms with E-state index in [2.05, 4.69) is 0 Å². The van der Waals surface area contributed by atoms with Crippen LogP contribution in [0.3, 0.4) is 0 Å². The summed E-state index contributed by atoms with van der Waals surface area (Å²) in [5, 5.41) is 0.355. The summed E-state index contributed by atoms with van der Waals surface area (Å²) in [5.74, 6) is -2.07. The van der Waals surface area contributed by atoms with Crippen LogP contribution in [0.1, 0.15) is 24.2 Å². The minimum atomic E-state index is -5.18. The van der Waals surface area contributed by atoms with Gasteiger partial charge in [0.05, 0.1) is 7.11 Å². The van der Waals surface area contributed by atoms with Gasteiger partial charge in [-0.25, -0.2) is 4.79 Å². The van der Waals surface area contributed by atoms with Crippen LogP contribution in [0.4, 0.5) is 13.2 Å². The maximum absolute atomic E-state index is 13.0. The van der Waals surface area contributed by atoms with Gasteiger partial charge in [0.25, 0.3) is 5.91 Å². The highest BCUT2D eigenvalue weighted by molar-refractivity contribution is 6.30. The quantitative estimate of drug-likeness (QED) is 0.565. The number of nitrogens with zero attached hydrogens (tertiary/aromatic N) is 2. The van der Waals surface area contributed by atoms with E-state index in [-0.39, 0.29) is 13.1 Å². The summed E-state index contributed by atoms with van der Waals surface area (Å²) in [6.45, 7) is 1.34. The number of likely N-dealkylation sites (N-methyl/N-ethyl adjacent to an activating group) is 1. The minimum absolute atomic E-state index is 0.0379. The first-order valence-corrected chi connectivity index (χ1v) is 10.3. The lowest BCUT2D eigenvalue weighted by Gasteiger charge is -2.36. The number of benzene rings is 2. The Balaban J connectivity index is 1.95. The summed E-state index contributed by atoms with van der Waals surface area (Å²) < 4.78 is 43.4. The van der Waals surface area contributed by atoms with Crippen molar-refractivity contribution in [1.82, 2.24) is 4.90 Å². The van der Waals surface area contributed by atoms with Gasteiger partial charge >= 0.3 is 12.1 Å². The molecule has 2 atom stereocenters. The van der Waals surface area contributed by atoms with E-state index in [4.69, 9.17) is 21.2 Å². The van der Waals surface area contributed by atoms with Crippen LogP contribution in [0.15, 0.2) is 48.5 Å². The molecule has 0 saturated carbocycles. The molecule has 1 aliphatic rings. The number of halogens is 4. The number of alkyl halides is 3. The van der Waals surface area contributed by atoms with Crippen LogP contribution in [0, 0.1) is 0 Å². The van der Waals surface area contributed by atoms with E-state index in [1.165, 1.54) is 4.90 Å². The maximum Gasteiger partial charge on any atom is 0.497 e. The van der Waals surface area contributed by atoms with Crippen LogP contribution >= 0.6 is 11.6 Å². The second kappa shape index (κ2) is 9.38. The molecule has 0 bridgehead atoms. The molecule has 10 heteroatoms. The Bertz CT molecular complexity index is 984. The van der Waals surface area contributed by atoms with Crippen molar-refractivity contribution in [2.75, 3.05) is 26.7 Å². The number of hydrogen-bond donors (Lipinski definition) is 0. The van der Waals surface area contributed by atoms with E-state index in [1.807, 2.05) is 12.1 Å². The van der Waals surface area contributed by atoms with E-state index in [0.29, 0.717) is 22.8 Å². The molecule has 6 nitrogen and oxygen atoms in total. The predicted molar refractivity (Wildman–Crippen MR) is 110 cm³/mol. The Kier molecular flexibility index (Phi) is 7.00. The molecular weight excluding hydrogens is 449 g/mol. The molecular formula is C22H23ClF3N2O4+. The van der Waals surface area contributed by atoms with Gasteiger partial charge in [-0.15, -0.1) is 4.65 Å². The Morgan fingerprint density at radius 2 is 1.91 bits per heavy atom. The summed E-state index contributed by atoms with van der Waals surface area (Å²) in [5.41, 5.74) is 1.40. The smallest absolute Gasteiger partial charge is 0.497 e. The number of carbonyl (C=O) groups excluding carboxylic acids is 2. The summed E-state index contributed by atoms with van der Waals surface area (Å²) in [6.07, 6.45) is -5.70. The Hall–Kier alpha value is -2.78. The van der Waals surface area contributed by atoms with Gasteiger partial charge in [-0.2, -0.15) is 13.2 Å². The fourth-order valence-corrected chi connectivity index (χ4v) is 4.05. The van der Waals surface area contributed by atoms with E-state index in [0.717, 1.165) is 5.56 Å². The molecule has 0 radical (unpaired) electrons. The van der Waals surface area contributed by atoms with Gasteiger partial charge in [0.1, 0.15) is 12.3 Å². The summed E-state index contributed by atoms with van der Waals surface area (Å²) in [7, 11) is 1.55. The third-order valence-corrected chi connectivity index (χ3v) is 5.68. The summed E-state index contributed by atoms with van der Waals surface area (Å²) in [6, 6.07) is 13.7. The van der Waals surface area contributed by atoms with Gasteiger partial charge in [-0.3, -0.25) is 14.5 Å². The van der Waals surface area contributed by atoms with Crippen LogP contribution in [0.25, 0.3) is 0 Å². The molecule has 1 amide bonds. The molecule has 1 saturated heterocycles. The molecule has 32 heavy (non-hydrogen) atoms. The first-order valence-electron chi connectivity index (χ1n) is 9.95. The van der Waals surface area contributed by atoms with Gasteiger partial charge in [-0.05, 0) is 43.2 Å². The lowest BCUT2D eigenvalue weighted by Crippen LogP contribution is -2.52. The molecule has 3 rings (SSSR count). The molecule has 172 valence electrons. The Morgan fingerprint density at radius 1 is 1.22 bits per heavy atom. The number of ether oxygens (including phenoxy) is 1. The van der Waals surface area contributed by atoms with Gasteiger partial charge in [0, 0.05) is 17.1 Å². The zero-order valence-corrected chi connectivity index (χ0v) is 18.3. The fraction of sp³-hybridized carbons (Fsp3) is 0.364. The molecule has 2 unspecified atom stereocenters. The molecule has 2 aromatic rings. The lowest BCUT2D eigenvalue weighted by molar-refractivity contribution is -1.11. The van der Waals surface area contributed by atoms with Crippen molar-refractivity contribution >= 4 is 23.5 Å². The van der Waals surface area contributed by atoms with Crippen molar-refractivity contribution in [2.24, 2.45) is 0 Å². The second-order valence-electron chi connectivity index (χ2n) is 7.42. The normalized spacial score (nSPS) is 21.0. The van der Waals surface area contributed by atoms with Crippen LogP contribution in [0.2, 0.25) is 5.02 Å². The maximum atomic E-state index is 13.0. The van der Waals surface area contributed by atoms with Crippen molar-refractivity contribution in [3.05, 3.63) is 64.7 Å². The van der Waals surface area contributed by atoms with Crippen LogP contribution in [-0.2, 0) is 20.8 Å². The topological polar surface area (TPSA) is 55.8 Å². The second-order valence-corrected chi connectivity index (χ2v) is 7.85. The van der Waals surface area contributed by atoms with Gasteiger partial charge in [-0.1, -0.05) is 35.9 Å². The third-order valence-electron chi connectivity index (χ3n) is 5.44. The molecule has 1 fully saturated rings. The average Bonchev–Trinajstić information content (AvgIpc) is 3.03. The number of methoxy groups -OCH3 is 1. The van der Waals surface area contributed by atoms with E-state index < -0.39 is 35.4 Å². The first kappa shape index (κ1) is 23.9. The number of hydroxylamine groups is 3. The SMILES string of the molecule is CC[N+]1(OC(=O)C(F)(F)F)CC(=O)N(CCc2ccc(OC)cc2)C1c1cccc(Cl)c1. The van der Waals surface area contributed by atoms with Crippen molar-refractivity contribution in [2.45, 2.75) is 25.7 Å². The van der Waals surface area contributed by atoms with Gasteiger partial charge in [0.2, 0.25) is 6.17 Å². The monoisotopic (exact) mass is 471 g/mol. The van der Waals surface area contributed by atoms with Crippen molar-refractivity contribution < 1.29 is 37.0 Å². The number of amides is 1. The number of hydrogen-bond acceptors (Lipinski definition) is 4. The van der Waals surface area contributed by atoms with Crippen molar-refractivity contribution in [3.8, 4) is 5.75 Å². The molecule has 1 aliphatic heterocycles. The minimum Gasteiger partial charge on any atom is -0.497 e. The molecule has 0 N–H and O–H groups in total. The van der Waals surface area contributed by atoms with Gasteiger partial charge < -0.3 is 4.74 Å². The predicted octanol–water partition coefficient (Wildman–Crippen LogP) is 4.29. The fourth-order valence-electron chi connectivity index (χ4n) is 3.85. The summed E-state index contributed by atoms with van der Waals surface area (Å²) in [4.78, 5) is 31.1. The third kappa shape index (κ3) is 4.99. The zero-order chi connectivity index (χ0) is 23.5. The van der Waals surface area contributed by atoms with Gasteiger partial charge in [0.15, 0.2) is 6.54 Å². The highest BCUT2D eigenvalue weighted by Gasteiger charge is 2.58. The molecule has 1 heterocycles. The van der Waals surface area contributed by atoms with Crippen LogP contribution in [0.5, 0.6) is 5.75 Å². The van der Waals surface area contributed by atoms with Crippen LogP contribution < -0.4 is 4.74 Å². The molecule has 0 aliphatic carbocycles. The summed E-state index contributed by atoms with van der Waals surface area (Å²) >= 11 is 6.11. The Morgan fingerprint density at radius 3 is 2.47 bits per heavy atom. The molecule has 0 spiro atoms. The number of rotatable bonds is 7. The highest BCUT2D eigenvalue weighted by atomic mass is 35.5. The lowest BCUT2D eigenvalue weighted by atomic mass is 10.1. The largest absolute Gasteiger partial charge is 0.497 e. The first-order chi connectivity index (χ1) is 15.1. The van der Waals surface area contributed by atoms with Crippen LogP contribution in [-0.4, -0.2) is 54.3 Å². The number of carbonyl (C=O) groups is 2. The van der Waals surface area contributed by atoms with E-state index >= 15 is 0 Å². The highest BCUT2D eigenvalue weighted by Crippen LogP contribution is 2.40. The average molecular weight is 472 g/mol. The van der Waals surface area contributed by atoms with E-state index in [1.54, 1.807) is 50.4 Å². The number of quaternary nitrogens is 1. The van der Waals surface area contributed by atoms with Crippen molar-refractivity contribution in [3.63, 3.8) is 0 Å². The zero-order valence-electron chi connectivity index (χ0n) is 17.6. The Labute approximate surface area is 188 Å². The van der Waals surface area contributed by atoms with E-state index in [9.17, 15) is 22.8 Å². The standard InChI is InChI=1S/C22H23ClF3N2O4/c1-3-28(32-21(30)22(24,25)26)14-19(29)27(20(28)16-5-4-6-17(23)13-16)12-11-15-7-9-18(31-2)10-8-15/h4-10,13,20H,3,11-12,14H2,1-2H3/q+1.